The van der Waals surface area contributed by atoms with Crippen molar-refractivity contribution in [1.82, 2.24) is 0 Å². The van der Waals surface area contributed by atoms with E-state index in [2.05, 4.69) is 13.8 Å². The van der Waals surface area contributed by atoms with Crippen LogP contribution in [0.2, 0.25) is 0 Å². The first-order chi connectivity index (χ1) is 11.3. The average Bonchev–Trinajstić information content (AvgIpc) is 2.88. The lowest BCUT2D eigenvalue weighted by Gasteiger charge is -2.49. The van der Waals surface area contributed by atoms with Crippen molar-refractivity contribution in [2.24, 2.45) is 5.90 Å². The molecule has 4 atom stereocenters. The number of fused-ring (bicyclic) bond motifs is 2. The SMILES string of the molecule is CCc1cc(ON)cc(CC)c1C1C(O)C2(C)CCC(C)(O2)C1O. The van der Waals surface area contributed by atoms with Crippen LogP contribution in [0.3, 0.4) is 0 Å². The second-order valence-corrected chi connectivity index (χ2v) is 7.62. The zero-order chi connectivity index (χ0) is 17.7. The molecule has 24 heavy (non-hydrogen) atoms. The number of aliphatic hydroxyl groups is 2. The second-order valence-electron chi connectivity index (χ2n) is 7.62. The molecular formula is C19H29NO4. The third-order valence-corrected chi connectivity index (χ3v) is 6.07. The molecule has 1 aromatic rings. The average molecular weight is 335 g/mol. The highest BCUT2D eigenvalue weighted by Crippen LogP contribution is 2.54. The highest BCUT2D eigenvalue weighted by atomic mass is 16.6. The van der Waals surface area contributed by atoms with Crippen molar-refractivity contribution < 1.29 is 19.8 Å². The summed E-state index contributed by atoms with van der Waals surface area (Å²) in [6, 6.07) is 3.83. The number of aliphatic hydroxyl groups excluding tert-OH is 2. The Kier molecular flexibility index (Phi) is 4.41. The summed E-state index contributed by atoms with van der Waals surface area (Å²) < 4.78 is 6.10. The predicted molar refractivity (Wildman–Crippen MR) is 91.9 cm³/mol. The van der Waals surface area contributed by atoms with Gasteiger partial charge >= 0.3 is 0 Å². The maximum Gasteiger partial charge on any atom is 0.147 e. The highest BCUT2D eigenvalue weighted by molar-refractivity contribution is 5.47. The summed E-state index contributed by atoms with van der Waals surface area (Å²) in [4.78, 5) is 4.94. The molecule has 0 aliphatic carbocycles. The summed E-state index contributed by atoms with van der Waals surface area (Å²) in [5.41, 5.74) is 1.93. The Balaban J connectivity index is 2.17. The van der Waals surface area contributed by atoms with Crippen LogP contribution in [-0.4, -0.2) is 33.6 Å². The third-order valence-electron chi connectivity index (χ3n) is 6.07. The van der Waals surface area contributed by atoms with Crippen molar-refractivity contribution in [3.05, 3.63) is 28.8 Å². The lowest BCUT2D eigenvalue weighted by atomic mass is 9.72. The summed E-state index contributed by atoms with van der Waals surface area (Å²) >= 11 is 0. The molecule has 4 unspecified atom stereocenters. The van der Waals surface area contributed by atoms with E-state index in [9.17, 15) is 10.2 Å². The smallest absolute Gasteiger partial charge is 0.147 e. The fraction of sp³-hybridized carbons (Fsp3) is 0.684. The molecule has 2 fully saturated rings. The Hall–Kier alpha value is -1.14. The van der Waals surface area contributed by atoms with Gasteiger partial charge in [-0.2, -0.15) is 5.90 Å². The molecule has 3 rings (SSSR count). The number of ether oxygens (including phenoxy) is 1. The van der Waals surface area contributed by atoms with Gasteiger partial charge in [-0.05, 0) is 68.4 Å². The number of hydrogen-bond acceptors (Lipinski definition) is 5. The minimum Gasteiger partial charge on any atom is -0.412 e. The van der Waals surface area contributed by atoms with Gasteiger partial charge in [0.25, 0.3) is 0 Å². The van der Waals surface area contributed by atoms with Crippen LogP contribution in [0.1, 0.15) is 63.1 Å². The summed E-state index contributed by atoms with van der Waals surface area (Å²) in [6.07, 6.45) is 1.58. The summed E-state index contributed by atoms with van der Waals surface area (Å²) in [5.74, 6) is 5.60. The van der Waals surface area contributed by atoms with E-state index in [1.54, 1.807) is 0 Å². The molecule has 134 valence electrons. The number of hydrogen-bond donors (Lipinski definition) is 3. The zero-order valence-electron chi connectivity index (χ0n) is 15.0. The number of rotatable bonds is 4. The molecular weight excluding hydrogens is 306 g/mol. The van der Waals surface area contributed by atoms with E-state index < -0.39 is 23.4 Å². The number of nitrogens with two attached hydrogens (primary N) is 1. The molecule has 0 spiro atoms. The van der Waals surface area contributed by atoms with Gasteiger partial charge in [0.15, 0.2) is 0 Å². The Morgan fingerprint density at radius 2 is 1.54 bits per heavy atom. The molecule has 2 heterocycles. The van der Waals surface area contributed by atoms with Gasteiger partial charge in [0.05, 0.1) is 23.4 Å². The first-order valence-electron chi connectivity index (χ1n) is 8.88. The van der Waals surface area contributed by atoms with Crippen molar-refractivity contribution in [3.63, 3.8) is 0 Å². The largest absolute Gasteiger partial charge is 0.412 e. The highest BCUT2D eigenvalue weighted by Gasteiger charge is 2.61. The molecule has 0 aromatic heterocycles. The normalized spacial score (nSPS) is 38.4. The molecule has 0 radical (unpaired) electrons. The van der Waals surface area contributed by atoms with E-state index in [0.717, 1.165) is 42.4 Å². The molecule has 4 N–H and O–H groups in total. The van der Waals surface area contributed by atoms with Crippen LogP contribution in [-0.2, 0) is 17.6 Å². The van der Waals surface area contributed by atoms with Crippen LogP contribution < -0.4 is 10.7 Å². The Bertz CT molecular complexity index is 587. The monoisotopic (exact) mass is 335 g/mol. The molecule has 0 saturated carbocycles. The van der Waals surface area contributed by atoms with Crippen molar-refractivity contribution >= 4 is 0 Å². The molecule has 5 heteroatoms. The molecule has 5 nitrogen and oxygen atoms in total. The van der Waals surface area contributed by atoms with Gasteiger partial charge in [0, 0.05) is 5.92 Å². The van der Waals surface area contributed by atoms with Crippen LogP contribution in [0.4, 0.5) is 0 Å². The van der Waals surface area contributed by atoms with E-state index in [4.69, 9.17) is 15.5 Å². The van der Waals surface area contributed by atoms with Gasteiger partial charge in [-0.1, -0.05) is 13.8 Å². The summed E-state index contributed by atoms with van der Waals surface area (Å²) in [5, 5.41) is 22.2. The van der Waals surface area contributed by atoms with Crippen LogP contribution in [0, 0.1) is 0 Å². The van der Waals surface area contributed by atoms with E-state index in [1.807, 2.05) is 26.0 Å². The molecule has 2 aliphatic heterocycles. The first kappa shape index (κ1) is 17.7. The number of aryl methyl sites for hydroxylation is 2. The fourth-order valence-corrected chi connectivity index (χ4v) is 4.62. The maximum atomic E-state index is 11.1. The molecule has 1 aromatic carbocycles. The van der Waals surface area contributed by atoms with Crippen molar-refractivity contribution in [2.75, 3.05) is 0 Å². The number of benzene rings is 1. The predicted octanol–water partition coefficient (Wildman–Crippen LogP) is 2.21. The molecule has 2 bridgehead atoms. The van der Waals surface area contributed by atoms with E-state index in [0.29, 0.717) is 5.75 Å². The topological polar surface area (TPSA) is 84.9 Å². The first-order valence-corrected chi connectivity index (χ1v) is 8.88. The third kappa shape index (κ3) is 2.46. The standard InChI is InChI=1S/C19H29NO4/c1-5-11-9-13(23-20)10-12(6-2)14(11)15-16(21)18(3)7-8-19(4,24-18)17(15)22/h9-10,15-17,21-22H,5-8,20H2,1-4H3. The van der Waals surface area contributed by atoms with E-state index in [1.165, 1.54) is 0 Å². The van der Waals surface area contributed by atoms with Gasteiger partial charge in [0.1, 0.15) is 5.75 Å². The summed E-state index contributed by atoms with van der Waals surface area (Å²) in [7, 11) is 0. The Morgan fingerprint density at radius 1 is 1.08 bits per heavy atom. The minimum atomic E-state index is -0.747. The van der Waals surface area contributed by atoms with Crippen molar-refractivity contribution in [3.8, 4) is 5.75 Å². The van der Waals surface area contributed by atoms with Gasteiger partial charge < -0.3 is 19.8 Å². The molecule has 2 aliphatic rings. The zero-order valence-corrected chi connectivity index (χ0v) is 15.0. The quantitative estimate of drug-likeness (QED) is 0.735. The molecule has 0 amide bonds. The van der Waals surface area contributed by atoms with Crippen LogP contribution >= 0.6 is 0 Å². The van der Waals surface area contributed by atoms with Gasteiger partial charge in [-0.25, -0.2) is 0 Å². The van der Waals surface area contributed by atoms with E-state index >= 15 is 0 Å². The molecule has 2 saturated heterocycles. The van der Waals surface area contributed by atoms with Gasteiger partial charge in [-0.15, -0.1) is 0 Å². The van der Waals surface area contributed by atoms with Crippen LogP contribution in [0.15, 0.2) is 12.1 Å². The minimum absolute atomic E-state index is 0.368. The van der Waals surface area contributed by atoms with Gasteiger partial charge in [0.2, 0.25) is 0 Å². The maximum absolute atomic E-state index is 11.1. The van der Waals surface area contributed by atoms with Crippen LogP contribution in [0.5, 0.6) is 5.75 Å². The van der Waals surface area contributed by atoms with Crippen molar-refractivity contribution in [2.45, 2.75) is 82.7 Å². The summed E-state index contributed by atoms with van der Waals surface area (Å²) in [6.45, 7) is 8.04. The Labute approximate surface area is 143 Å². The lowest BCUT2D eigenvalue weighted by Crippen LogP contribution is -2.59. The fourth-order valence-electron chi connectivity index (χ4n) is 4.62. The lowest BCUT2D eigenvalue weighted by molar-refractivity contribution is -0.233. The second kappa shape index (κ2) is 5.99. The Morgan fingerprint density at radius 3 is 1.92 bits per heavy atom. The van der Waals surface area contributed by atoms with Crippen molar-refractivity contribution in [1.29, 1.82) is 0 Å². The van der Waals surface area contributed by atoms with Gasteiger partial charge in [-0.3, -0.25) is 0 Å². The van der Waals surface area contributed by atoms with Crippen LogP contribution in [0.25, 0.3) is 0 Å². The van der Waals surface area contributed by atoms with E-state index in [-0.39, 0.29) is 5.92 Å².